The smallest absolute Gasteiger partial charge is 0.492 e. The summed E-state index contributed by atoms with van der Waals surface area (Å²) in [4.78, 5) is 12.9. The summed E-state index contributed by atoms with van der Waals surface area (Å²) in [5.74, 6) is -0.0826. The van der Waals surface area contributed by atoms with Crippen LogP contribution >= 0.6 is 0 Å². The lowest BCUT2D eigenvalue weighted by atomic mass is 9.75. The zero-order valence-electron chi connectivity index (χ0n) is 19.2. The summed E-state index contributed by atoms with van der Waals surface area (Å²) in [6.07, 6.45) is 0. The molecule has 0 spiro atoms. The van der Waals surface area contributed by atoms with E-state index >= 15 is 0 Å². The highest BCUT2D eigenvalue weighted by atomic mass is 19.1. The van der Waals surface area contributed by atoms with Crippen molar-refractivity contribution >= 4 is 24.2 Å². The van der Waals surface area contributed by atoms with Crippen LogP contribution in [0.1, 0.15) is 63.0 Å². The van der Waals surface area contributed by atoms with Crippen molar-refractivity contribution in [2.75, 3.05) is 11.9 Å². The number of nitrogens with one attached hydrogen (secondary N) is 1. The van der Waals surface area contributed by atoms with Crippen molar-refractivity contribution in [2.24, 2.45) is 0 Å². The van der Waals surface area contributed by atoms with Crippen LogP contribution in [0, 0.1) is 12.7 Å². The van der Waals surface area contributed by atoms with E-state index in [9.17, 15) is 9.18 Å². The minimum atomic E-state index is -0.716. The Morgan fingerprint density at radius 1 is 1.03 bits per heavy atom. The second-order valence-corrected chi connectivity index (χ2v) is 10.1. The zero-order valence-corrected chi connectivity index (χ0v) is 19.2. The fourth-order valence-electron chi connectivity index (χ4n) is 3.92. The number of anilines is 1. The Balaban J connectivity index is 1.61. The van der Waals surface area contributed by atoms with Gasteiger partial charge in [-0.2, -0.15) is 0 Å². The molecule has 31 heavy (non-hydrogen) atoms. The molecule has 2 aliphatic rings. The van der Waals surface area contributed by atoms with Gasteiger partial charge in [-0.25, -0.2) is 4.39 Å². The van der Waals surface area contributed by atoms with Crippen LogP contribution in [-0.2, 0) is 14.7 Å². The van der Waals surface area contributed by atoms with E-state index in [0.29, 0.717) is 34.6 Å². The Hall–Kier alpha value is -2.38. The molecule has 2 aromatic carbocycles. The molecule has 0 bridgehead atoms. The molecule has 4 rings (SSSR count). The maximum absolute atomic E-state index is 14.5. The molecule has 0 saturated carbocycles. The standard InChI is InChI=1S/C24H29BFNO4/c1-14-18(25-30-23(4,5)24(6,7)31-25)11-16(26)12-19(14)27-21(28)15-8-9-17-20(10-15)29-13-22(17,2)3/h8-12H,13H2,1-7H3,(H,27,28). The number of amides is 1. The van der Waals surface area contributed by atoms with E-state index in [4.69, 9.17) is 14.0 Å². The van der Waals surface area contributed by atoms with Crippen LogP contribution in [0.15, 0.2) is 30.3 Å². The van der Waals surface area contributed by atoms with Gasteiger partial charge in [0.25, 0.3) is 5.91 Å². The molecule has 2 aromatic rings. The molecule has 1 amide bonds. The molecule has 5 nitrogen and oxygen atoms in total. The Bertz CT molecular complexity index is 1050. The van der Waals surface area contributed by atoms with Crippen molar-refractivity contribution in [2.45, 2.75) is 65.1 Å². The number of ether oxygens (including phenoxy) is 1. The molecule has 0 aliphatic carbocycles. The first-order chi connectivity index (χ1) is 14.3. The molecule has 0 unspecified atom stereocenters. The Kier molecular flexibility index (Phi) is 4.98. The van der Waals surface area contributed by atoms with Crippen LogP contribution in [0.4, 0.5) is 10.1 Å². The summed E-state index contributed by atoms with van der Waals surface area (Å²) >= 11 is 0. The van der Waals surface area contributed by atoms with Gasteiger partial charge in [0, 0.05) is 22.2 Å². The number of benzene rings is 2. The maximum Gasteiger partial charge on any atom is 0.495 e. The van der Waals surface area contributed by atoms with Gasteiger partial charge in [-0.15, -0.1) is 0 Å². The van der Waals surface area contributed by atoms with Gasteiger partial charge >= 0.3 is 7.12 Å². The van der Waals surface area contributed by atoms with E-state index in [1.807, 2.05) is 40.7 Å². The van der Waals surface area contributed by atoms with Crippen LogP contribution in [0.25, 0.3) is 0 Å². The topological polar surface area (TPSA) is 56.8 Å². The second kappa shape index (κ2) is 7.07. The third kappa shape index (κ3) is 3.74. The lowest BCUT2D eigenvalue weighted by Crippen LogP contribution is -2.41. The average molecular weight is 425 g/mol. The van der Waals surface area contributed by atoms with Gasteiger partial charge in [-0.3, -0.25) is 4.79 Å². The summed E-state index contributed by atoms with van der Waals surface area (Å²) in [6, 6.07) is 8.15. The van der Waals surface area contributed by atoms with Crippen LogP contribution in [0.3, 0.4) is 0 Å². The third-order valence-electron chi connectivity index (χ3n) is 6.73. The van der Waals surface area contributed by atoms with Gasteiger partial charge in [-0.1, -0.05) is 19.9 Å². The van der Waals surface area contributed by atoms with Crippen LogP contribution in [-0.4, -0.2) is 30.8 Å². The number of halogens is 1. The summed E-state index contributed by atoms with van der Waals surface area (Å²) < 4.78 is 32.4. The molecule has 164 valence electrons. The van der Waals surface area contributed by atoms with Crippen LogP contribution in [0.2, 0.25) is 0 Å². The third-order valence-corrected chi connectivity index (χ3v) is 6.73. The summed E-state index contributed by atoms with van der Waals surface area (Å²) in [5.41, 5.74) is 2.01. The molecule has 0 aromatic heterocycles. The molecule has 2 aliphatic heterocycles. The minimum Gasteiger partial charge on any atom is -0.492 e. The highest BCUT2D eigenvalue weighted by Gasteiger charge is 2.52. The number of hydrogen-bond acceptors (Lipinski definition) is 4. The monoisotopic (exact) mass is 425 g/mol. The summed E-state index contributed by atoms with van der Waals surface area (Å²) in [6.45, 7) is 14.4. The van der Waals surface area contributed by atoms with Gasteiger partial charge in [-0.05, 0) is 69.9 Å². The van der Waals surface area contributed by atoms with Gasteiger partial charge in [0.05, 0.1) is 17.8 Å². The molecule has 7 heteroatoms. The van der Waals surface area contributed by atoms with Crippen LogP contribution in [0.5, 0.6) is 5.75 Å². The lowest BCUT2D eigenvalue weighted by Gasteiger charge is -2.32. The Morgan fingerprint density at radius 3 is 2.32 bits per heavy atom. The molecule has 1 fully saturated rings. The summed E-state index contributed by atoms with van der Waals surface area (Å²) in [5, 5.41) is 2.84. The van der Waals surface area contributed by atoms with Gasteiger partial charge < -0.3 is 19.4 Å². The van der Waals surface area contributed by atoms with Crippen molar-refractivity contribution in [3.8, 4) is 5.75 Å². The number of carbonyl (C=O) groups is 1. The molecule has 1 N–H and O–H groups in total. The molecule has 2 heterocycles. The maximum atomic E-state index is 14.5. The first-order valence-electron chi connectivity index (χ1n) is 10.6. The van der Waals surface area contributed by atoms with Gasteiger partial charge in [0.2, 0.25) is 0 Å². The molecule has 0 atom stereocenters. The second-order valence-electron chi connectivity index (χ2n) is 10.1. The SMILES string of the molecule is Cc1c(NC(=O)c2ccc3c(c2)OCC3(C)C)cc(F)cc1B1OC(C)(C)C(C)(C)O1. The fraction of sp³-hybridized carbons (Fsp3) is 0.458. The van der Waals surface area contributed by atoms with Gasteiger partial charge in [0.15, 0.2) is 0 Å². The van der Waals surface area contributed by atoms with Crippen molar-refractivity contribution in [3.63, 3.8) is 0 Å². The predicted molar refractivity (Wildman–Crippen MR) is 120 cm³/mol. The van der Waals surface area contributed by atoms with Crippen LogP contribution < -0.4 is 15.5 Å². The van der Waals surface area contributed by atoms with Crippen molar-refractivity contribution < 1.29 is 23.2 Å². The van der Waals surface area contributed by atoms with Crippen molar-refractivity contribution in [1.29, 1.82) is 0 Å². The van der Waals surface area contributed by atoms with E-state index in [0.717, 1.165) is 5.56 Å². The summed E-state index contributed by atoms with van der Waals surface area (Å²) in [7, 11) is -0.716. The van der Waals surface area contributed by atoms with E-state index in [1.54, 1.807) is 12.1 Å². The van der Waals surface area contributed by atoms with E-state index in [1.165, 1.54) is 12.1 Å². The number of hydrogen-bond donors (Lipinski definition) is 1. The minimum absolute atomic E-state index is 0.0821. The normalized spacial score (nSPS) is 20.3. The van der Waals surface area contributed by atoms with E-state index in [-0.39, 0.29) is 11.3 Å². The first-order valence-corrected chi connectivity index (χ1v) is 10.6. The molecule has 1 saturated heterocycles. The zero-order chi connectivity index (χ0) is 22.8. The van der Waals surface area contributed by atoms with E-state index in [2.05, 4.69) is 19.2 Å². The predicted octanol–water partition coefficient (Wildman–Crippen LogP) is 4.36. The van der Waals surface area contributed by atoms with E-state index < -0.39 is 24.1 Å². The quantitative estimate of drug-likeness (QED) is 0.743. The number of carbonyl (C=O) groups excluding carboxylic acids is 1. The van der Waals surface area contributed by atoms with Gasteiger partial charge in [0.1, 0.15) is 11.6 Å². The molecular formula is C24H29BFNO4. The first kappa shape index (κ1) is 21.8. The van der Waals surface area contributed by atoms with Crippen molar-refractivity contribution in [3.05, 3.63) is 52.8 Å². The van der Waals surface area contributed by atoms with Crippen molar-refractivity contribution in [1.82, 2.24) is 0 Å². The number of rotatable bonds is 3. The average Bonchev–Trinajstić information content (AvgIpc) is 3.09. The highest BCUT2D eigenvalue weighted by Crippen LogP contribution is 2.39. The Morgan fingerprint density at radius 2 is 1.68 bits per heavy atom. The Labute approximate surface area is 183 Å². The molecular weight excluding hydrogens is 396 g/mol. The highest BCUT2D eigenvalue weighted by molar-refractivity contribution is 6.62. The lowest BCUT2D eigenvalue weighted by molar-refractivity contribution is 0.00578. The number of fused-ring (bicyclic) bond motifs is 1. The molecule has 0 radical (unpaired) electrons. The fourth-order valence-corrected chi connectivity index (χ4v) is 3.92. The largest absolute Gasteiger partial charge is 0.495 e.